The van der Waals surface area contributed by atoms with E-state index >= 15 is 0 Å². The Morgan fingerprint density at radius 3 is 2.49 bits per heavy atom. The number of fused-ring (bicyclic) bond motifs is 4. The highest BCUT2D eigenvalue weighted by Gasteiger charge is 2.39. The minimum absolute atomic E-state index is 0.0690. The Morgan fingerprint density at radius 2 is 1.70 bits per heavy atom. The van der Waals surface area contributed by atoms with Gasteiger partial charge in [0.2, 0.25) is 11.8 Å². The summed E-state index contributed by atoms with van der Waals surface area (Å²) in [5, 5.41) is 13.6. The van der Waals surface area contributed by atoms with Crippen molar-refractivity contribution in [1.29, 1.82) is 0 Å². The third-order valence-electron chi connectivity index (χ3n) is 7.30. The zero-order valence-corrected chi connectivity index (χ0v) is 23.7. The van der Waals surface area contributed by atoms with Crippen molar-refractivity contribution >= 4 is 11.9 Å². The Hall–Kier alpha value is -5.71. The van der Waals surface area contributed by atoms with Gasteiger partial charge >= 0.3 is 0 Å². The molecule has 1 aliphatic heterocycles. The molecule has 0 radical (unpaired) electrons. The average molecular weight is 574 g/mol. The van der Waals surface area contributed by atoms with Crippen molar-refractivity contribution in [1.82, 2.24) is 29.4 Å². The quantitative estimate of drug-likeness (QED) is 0.174. The summed E-state index contributed by atoms with van der Waals surface area (Å²) in [4.78, 5) is 15.0. The number of ether oxygens (including phenoxy) is 3. The smallest absolute Gasteiger partial charge is 0.230 e. The Balaban J connectivity index is 1.29. The summed E-state index contributed by atoms with van der Waals surface area (Å²) < 4.78 is 21.0. The molecule has 1 unspecified atom stereocenters. The third kappa shape index (κ3) is 4.70. The lowest BCUT2D eigenvalue weighted by Crippen LogP contribution is -2.16. The number of hydrogen-bond acceptors (Lipinski definition) is 9. The fourth-order valence-electron chi connectivity index (χ4n) is 5.33. The average Bonchev–Trinajstić information content (AvgIpc) is 3.63. The summed E-state index contributed by atoms with van der Waals surface area (Å²) >= 11 is 0. The van der Waals surface area contributed by atoms with E-state index in [1.54, 1.807) is 31.3 Å². The second kappa shape index (κ2) is 10.9. The van der Waals surface area contributed by atoms with Crippen molar-refractivity contribution < 1.29 is 19.0 Å². The molecule has 3 aromatic carbocycles. The molecule has 1 atom stereocenters. The Morgan fingerprint density at radius 1 is 0.907 bits per heavy atom. The van der Waals surface area contributed by atoms with Gasteiger partial charge in [0.05, 0.1) is 48.9 Å². The normalized spacial score (nSPS) is 13.9. The summed E-state index contributed by atoms with van der Waals surface area (Å²) in [6.07, 6.45) is 3.21. The standard InChI is InChI=1S/C32H27N7O4/c1-20-27-28(24-11-7-8-12-25(24)41-3)29-30-35-26(18-42-34-17-21-13-15-23(40-2)16-14-21)37-38(30)19-33-31(29)43-32(27)39(36-20)22-9-5-4-6-10-22/h4-17,19,28H,18H2,1-3H3. The molecule has 0 amide bonds. The molecule has 1 aliphatic rings. The summed E-state index contributed by atoms with van der Waals surface area (Å²) in [5.41, 5.74) is 5.77. The first kappa shape index (κ1) is 26.2. The van der Waals surface area contributed by atoms with Gasteiger partial charge in [-0.3, -0.25) is 0 Å². The van der Waals surface area contributed by atoms with Gasteiger partial charge in [0.1, 0.15) is 17.8 Å². The zero-order valence-electron chi connectivity index (χ0n) is 23.7. The molecule has 0 saturated carbocycles. The molecule has 7 rings (SSSR count). The van der Waals surface area contributed by atoms with E-state index in [9.17, 15) is 0 Å². The molecule has 0 bridgehead atoms. The second-order valence-electron chi connectivity index (χ2n) is 9.87. The van der Waals surface area contributed by atoms with Crippen molar-refractivity contribution in [2.24, 2.45) is 5.16 Å². The maximum atomic E-state index is 6.49. The molecular weight excluding hydrogens is 546 g/mol. The summed E-state index contributed by atoms with van der Waals surface area (Å²) in [7, 11) is 3.29. The number of para-hydroxylation sites is 2. The molecule has 0 saturated heterocycles. The van der Waals surface area contributed by atoms with Gasteiger partial charge in [-0.15, -0.1) is 5.10 Å². The van der Waals surface area contributed by atoms with Crippen molar-refractivity contribution in [3.05, 3.63) is 119 Å². The van der Waals surface area contributed by atoms with Gasteiger partial charge in [0.15, 0.2) is 18.1 Å². The minimum Gasteiger partial charge on any atom is -0.497 e. The molecule has 214 valence electrons. The number of aromatic nitrogens is 6. The highest BCUT2D eigenvalue weighted by atomic mass is 16.6. The van der Waals surface area contributed by atoms with Crippen LogP contribution in [0.15, 0.2) is 90.3 Å². The number of hydrogen-bond donors (Lipinski definition) is 0. The van der Waals surface area contributed by atoms with Crippen LogP contribution in [0.1, 0.15) is 39.7 Å². The maximum absolute atomic E-state index is 6.49. The van der Waals surface area contributed by atoms with Crippen molar-refractivity contribution in [2.45, 2.75) is 19.4 Å². The van der Waals surface area contributed by atoms with Gasteiger partial charge in [0.25, 0.3) is 0 Å². The first-order chi connectivity index (χ1) is 21.1. The summed E-state index contributed by atoms with van der Waals surface area (Å²) in [6.45, 7) is 2.05. The highest BCUT2D eigenvalue weighted by Crippen LogP contribution is 2.51. The van der Waals surface area contributed by atoms with Gasteiger partial charge in [0, 0.05) is 5.56 Å². The monoisotopic (exact) mass is 573 g/mol. The molecule has 0 N–H and O–H groups in total. The number of oxime groups is 1. The predicted molar refractivity (Wildman–Crippen MR) is 158 cm³/mol. The lowest BCUT2D eigenvalue weighted by Gasteiger charge is -2.27. The van der Waals surface area contributed by atoms with Crippen molar-refractivity contribution in [3.8, 4) is 28.9 Å². The molecule has 4 heterocycles. The Kier molecular flexibility index (Phi) is 6.66. The van der Waals surface area contributed by atoms with Crippen LogP contribution in [-0.2, 0) is 11.4 Å². The van der Waals surface area contributed by atoms with Gasteiger partial charge in [-0.25, -0.2) is 19.2 Å². The van der Waals surface area contributed by atoms with Gasteiger partial charge in [-0.1, -0.05) is 41.6 Å². The maximum Gasteiger partial charge on any atom is 0.230 e. The first-order valence-electron chi connectivity index (χ1n) is 13.6. The van der Waals surface area contributed by atoms with Gasteiger partial charge in [-0.05, 0) is 55.0 Å². The number of nitrogens with zero attached hydrogens (tertiary/aromatic N) is 7. The fourth-order valence-corrected chi connectivity index (χ4v) is 5.33. The number of rotatable bonds is 8. The summed E-state index contributed by atoms with van der Waals surface area (Å²) in [5.74, 6) is 2.63. The first-order valence-corrected chi connectivity index (χ1v) is 13.6. The summed E-state index contributed by atoms with van der Waals surface area (Å²) in [6, 6.07) is 25.3. The molecule has 43 heavy (non-hydrogen) atoms. The van der Waals surface area contributed by atoms with Crippen LogP contribution in [-0.4, -0.2) is 49.8 Å². The van der Waals surface area contributed by atoms with Crippen LogP contribution < -0.4 is 14.2 Å². The molecule has 0 aliphatic carbocycles. The van der Waals surface area contributed by atoms with E-state index in [-0.39, 0.29) is 12.5 Å². The Bertz CT molecular complexity index is 1950. The van der Waals surface area contributed by atoms with Crippen LogP contribution in [0.5, 0.6) is 23.3 Å². The Labute approximate surface area is 246 Å². The minimum atomic E-state index is -0.338. The van der Waals surface area contributed by atoms with E-state index in [2.05, 4.69) is 15.2 Å². The number of methoxy groups -OCH3 is 2. The van der Waals surface area contributed by atoms with Crippen LogP contribution in [0.3, 0.4) is 0 Å². The van der Waals surface area contributed by atoms with E-state index < -0.39 is 0 Å². The van der Waals surface area contributed by atoms with Gasteiger partial charge in [-0.2, -0.15) is 5.10 Å². The van der Waals surface area contributed by atoms with Crippen LogP contribution in [0, 0.1) is 6.92 Å². The van der Waals surface area contributed by atoms with Crippen molar-refractivity contribution in [2.75, 3.05) is 14.2 Å². The molecule has 3 aromatic heterocycles. The van der Waals surface area contributed by atoms with Crippen LogP contribution in [0.4, 0.5) is 0 Å². The van der Waals surface area contributed by atoms with Crippen molar-refractivity contribution in [3.63, 3.8) is 0 Å². The predicted octanol–water partition coefficient (Wildman–Crippen LogP) is 5.47. The topological polar surface area (TPSA) is 110 Å². The molecule has 0 spiro atoms. The molecular formula is C32H27N7O4. The molecule has 0 fully saturated rings. The lowest BCUT2D eigenvalue weighted by molar-refractivity contribution is 0.126. The molecule has 6 aromatic rings. The SMILES string of the molecule is COc1ccc(C=NOCc2nc3c4c(ncn3n2)Oc2c(c(C)nn2-c2ccccc2)C4c2ccccc2OC)cc1. The third-order valence-corrected chi connectivity index (χ3v) is 7.30. The second-order valence-corrected chi connectivity index (χ2v) is 9.87. The largest absolute Gasteiger partial charge is 0.497 e. The highest BCUT2D eigenvalue weighted by molar-refractivity contribution is 5.79. The van der Waals surface area contributed by atoms with Crippen LogP contribution in [0.2, 0.25) is 0 Å². The van der Waals surface area contributed by atoms with Crippen LogP contribution in [0.25, 0.3) is 11.3 Å². The van der Waals surface area contributed by atoms with E-state index in [1.807, 2.05) is 90.5 Å². The van der Waals surface area contributed by atoms with Crippen LogP contribution >= 0.6 is 0 Å². The van der Waals surface area contributed by atoms with E-state index in [0.29, 0.717) is 23.2 Å². The molecule has 11 nitrogen and oxygen atoms in total. The van der Waals surface area contributed by atoms with E-state index in [0.717, 1.165) is 45.1 Å². The van der Waals surface area contributed by atoms with Gasteiger partial charge < -0.3 is 19.0 Å². The van der Waals surface area contributed by atoms with E-state index in [4.69, 9.17) is 29.1 Å². The lowest BCUT2D eigenvalue weighted by atomic mass is 9.84. The fraction of sp³-hybridized carbons (Fsp3) is 0.156. The molecule has 11 heteroatoms. The zero-order chi connectivity index (χ0) is 29.3. The van der Waals surface area contributed by atoms with E-state index in [1.165, 1.54) is 0 Å². The number of aryl methyl sites for hydroxylation is 1. The number of benzene rings is 3.